The van der Waals surface area contributed by atoms with Crippen LogP contribution < -0.4 is 10.1 Å². The van der Waals surface area contributed by atoms with Gasteiger partial charge in [0.15, 0.2) is 0 Å². The van der Waals surface area contributed by atoms with E-state index in [0.717, 1.165) is 12.0 Å². The Morgan fingerprint density at radius 3 is 2.50 bits per heavy atom. The molecule has 1 unspecified atom stereocenters. The lowest BCUT2D eigenvalue weighted by molar-refractivity contribution is 0.0939. The van der Waals surface area contributed by atoms with Crippen molar-refractivity contribution < 1.29 is 9.53 Å². The van der Waals surface area contributed by atoms with Gasteiger partial charge in [-0.1, -0.05) is 36.7 Å². The first-order valence-corrected chi connectivity index (χ1v) is 7.75. The highest BCUT2D eigenvalue weighted by Crippen LogP contribution is 2.19. The molecular formula is C18H20ClNO2. The third kappa shape index (κ3) is 4.50. The fourth-order valence-corrected chi connectivity index (χ4v) is 2.08. The normalized spacial score (nSPS) is 11.8. The molecule has 116 valence electrons. The van der Waals surface area contributed by atoms with Crippen LogP contribution in [0.2, 0.25) is 5.02 Å². The first kappa shape index (κ1) is 16.4. The minimum atomic E-state index is -0.0630. The Morgan fingerprint density at radius 2 is 1.86 bits per heavy atom. The van der Waals surface area contributed by atoms with E-state index in [1.165, 1.54) is 0 Å². The molecule has 0 aliphatic carbocycles. The van der Waals surface area contributed by atoms with E-state index in [1.807, 2.05) is 38.1 Å². The molecule has 0 saturated heterocycles. The van der Waals surface area contributed by atoms with E-state index in [1.54, 1.807) is 24.3 Å². The third-order valence-corrected chi connectivity index (χ3v) is 3.83. The summed E-state index contributed by atoms with van der Waals surface area (Å²) >= 11 is 6.09. The van der Waals surface area contributed by atoms with E-state index < -0.39 is 0 Å². The molecule has 0 bridgehead atoms. The predicted octanol–water partition coefficient (Wildman–Crippen LogP) is 4.45. The Kier molecular flexibility index (Phi) is 5.84. The molecule has 3 nitrogen and oxygen atoms in total. The molecule has 2 aromatic rings. The Balaban J connectivity index is 1.95. The molecule has 0 aromatic heterocycles. The van der Waals surface area contributed by atoms with E-state index in [9.17, 15) is 4.79 Å². The van der Waals surface area contributed by atoms with E-state index in [-0.39, 0.29) is 11.9 Å². The Hall–Kier alpha value is -2.00. The number of rotatable bonds is 6. The molecule has 0 fully saturated rings. The number of amides is 1. The smallest absolute Gasteiger partial charge is 0.251 e. The highest BCUT2D eigenvalue weighted by atomic mass is 35.5. The van der Waals surface area contributed by atoms with Crippen molar-refractivity contribution >= 4 is 17.5 Å². The van der Waals surface area contributed by atoms with Crippen LogP contribution in [0.1, 0.15) is 36.2 Å². The second-order valence-electron chi connectivity index (χ2n) is 5.19. The van der Waals surface area contributed by atoms with Gasteiger partial charge in [-0.2, -0.15) is 0 Å². The predicted molar refractivity (Wildman–Crippen MR) is 89.4 cm³/mol. The fraction of sp³-hybridized carbons (Fsp3) is 0.278. The number of halogens is 1. The van der Waals surface area contributed by atoms with Gasteiger partial charge in [-0.25, -0.2) is 0 Å². The van der Waals surface area contributed by atoms with Crippen molar-refractivity contribution in [1.29, 1.82) is 0 Å². The van der Waals surface area contributed by atoms with Crippen LogP contribution in [-0.2, 0) is 6.61 Å². The van der Waals surface area contributed by atoms with Gasteiger partial charge in [-0.3, -0.25) is 4.79 Å². The minimum absolute atomic E-state index is 0.0630. The van der Waals surface area contributed by atoms with Gasteiger partial charge in [0.2, 0.25) is 0 Å². The van der Waals surface area contributed by atoms with E-state index in [0.29, 0.717) is 22.9 Å². The van der Waals surface area contributed by atoms with E-state index in [4.69, 9.17) is 16.3 Å². The largest absolute Gasteiger partial charge is 0.489 e. The Bertz CT molecular complexity index is 625. The number of hydrogen-bond donors (Lipinski definition) is 1. The van der Waals surface area contributed by atoms with Crippen molar-refractivity contribution in [2.45, 2.75) is 32.9 Å². The van der Waals surface area contributed by atoms with Gasteiger partial charge in [0, 0.05) is 22.2 Å². The molecule has 4 heteroatoms. The van der Waals surface area contributed by atoms with Crippen LogP contribution in [0.4, 0.5) is 0 Å². The van der Waals surface area contributed by atoms with Crippen LogP contribution in [0, 0.1) is 0 Å². The van der Waals surface area contributed by atoms with Crippen LogP contribution in [0.3, 0.4) is 0 Å². The molecule has 0 spiro atoms. The summed E-state index contributed by atoms with van der Waals surface area (Å²) in [7, 11) is 0. The molecule has 0 aliphatic heterocycles. The van der Waals surface area contributed by atoms with Gasteiger partial charge in [-0.15, -0.1) is 0 Å². The van der Waals surface area contributed by atoms with Crippen LogP contribution >= 0.6 is 11.6 Å². The van der Waals surface area contributed by atoms with E-state index >= 15 is 0 Å². The quantitative estimate of drug-likeness (QED) is 0.855. The van der Waals surface area contributed by atoms with Gasteiger partial charge < -0.3 is 10.1 Å². The van der Waals surface area contributed by atoms with Gasteiger partial charge in [0.25, 0.3) is 5.91 Å². The Labute approximate surface area is 136 Å². The van der Waals surface area contributed by atoms with Crippen LogP contribution in [0.25, 0.3) is 0 Å². The van der Waals surface area contributed by atoms with Gasteiger partial charge in [0.1, 0.15) is 12.4 Å². The maximum Gasteiger partial charge on any atom is 0.251 e. The average Bonchev–Trinajstić information content (AvgIpc) is 2.54. The molecule has 2 aromatic carbocycles. The summed E-state index contributed by atoms with van der Waals surface area (Å²) in [6.07, 6.45) is 0.908. The van der Waals surface area contributed by atoms with Gasteiger partial charge >= 0.3 is 0 Å². The zero-order valence-corrected chi connectivity index (χ0v) is 13.6. The van der Waals surface area contributed by atoms with Crippen molar-refractivity contribution in [2.75, 3.05) is 0 Å². The van der Waals surface area contributed by atoms with Gasteiger partial charge in [0.05, 0.1) is 0 Å². The lowest BCUT2D eigenvalue weighted by Gasteiger charge is -2.12. The summed E-state index contributed by atoms with van der Waals surface area (Å²) in [6, 6.07) is 14.9. The molecule has 0 heterocycles. The number of nitrogens with one attached hydrogen (secondary N) is 1. The van der Waals surface area contributed by atoms with Crippen LogP contribution in [0.5, 0.6) is 5.75 Å². The number of carbonyl (C=O) groups excluding carboxylic acids is 1. The topological polar surface area (TPSA) is 38.3 Å². The molecule has 0 saturated carbocycles. The van der Waals surface area contributed by atoms with Crippen molar-refractivity contribution in [1.82, 2.24) is 5.32 Å². The summed E-state index contributed by atoms with van der Waals surface area (Å²) < 4.78 is 5.69. The first-order chi connectivity index (χ1) is 10.6. The van der Waals surface area contributed by atoms with Crippen LogP contribution in [0.15, 0.2) is 48.5 Å². The minimum Gasteiger partial charge on any atom is -0.489 e. The number of carbonyl (C=O) groups is 1. The average molecular weight is 318 g/mol. The standard InChI is InChI=1S/C18H20ClNO2/c1-3-13(2)20-18(21)14-8-10-16(11-9-14)22-12-15-6-4-5-7-17(15)19/h4-11,13H,3,12H2,1-2H3,(H,20,21). The molecule has 0 radical (unpaired) electrons. The van der Waals surface area contributed by atoms with Crippen molar-refractivity contribution in [3.63, 3.8) is 0 Å². The van der Waals surface area contributed by atoms with E-state index in [2.05, 4.69) is 5.32 Å². The van der Waals surface area contributed by atoms with Crippen molar-refractivity contribution in [3.05, 3.63) is 64.7 Å². The summed E-state index contributed by atoms with van der Waals surface area (Å²) in [5, 5.41) is 3.62. The SMILES string of the molecule is CCC(C)NC(=O)c1ccc(OCc2ccccc2Cl)cc1. The van der Waals surface area contributed by atoms with Crippen LogP contribution in [-0.4, -0.2) is 11.9 Å². The summed E-state index contributed by atoms with van der Waals surface area (Å²) in [5.74, 6) is 0.645. The van der Waals surface area contributed by atoms with Crippen molar-refractivity contribution in [3.8, 4) is 5.75 Å². The third-order valence-electron chi connectivity index (χ3n) is 3.46. The molecule has 2 rings (SSSR count). The summed E-state index contributed by atoms with van der Waals surface area (Å²) in [4.78, 5) is 12.0. The molecule has 22 heavy (non-hydrogen) atoms. The summed E-state index contributed by atoms with van der Waals surface area (Å²) in [6.45, 7) is 4.42. The lowest BCUT2D eigenvalue weighted by atomic mass is 10.2. The lowest BCUT2D eigenvalue weighted by Crippen LogP contribution is -2.31. The second-order valence-corrected chi connectivity index (χ2v) is 5.59. The molecule has 1 N–H and O–H groups in total. The molecule has 1 amide bonds. The zero-order valence-electron chi connectivity index (χ0n) is 12.8. The number of hydrogen-bond acceptors (Lipinski definition) is 2. The highest BCUT2D eigenvalue weighted by molar-refractivity contribution is 6.31. The number of benzene rings is 2. The van der Waals surface area contributed by atoms with Gasteiger partial charge in [-0.05, 0) is 43.7 Å². The maximum atomic E-state index is 12.0. The fourth-order valence-electron chi connectivity index (χ4n) is 1.89. The maximum absolute atomic E-state index is 12.0. The molecular weight excluding hydrogens is 298 g/mol. The first-order valence-electron chi connectivity index (χ1n) is 7.37. The second kappa shape index (κ2) is 7.85. The zero-order chi connectivity index (χ0) is 15.9. The number of ether oxygens (including phenoxy) is 1. The molecule has 1 atom stereocenters. The Morgan fingerprint density at radius 1 is 1.18 bits per heavy atom. The molecule has 0 aliphatic rings. The summed E-state index contributed by atoms with van der Waals surface area (Å²) in [5.41, 5.74) is 1.56. The highest BCUT2D eigenvalue weighted by Gasteiger charge is 2.08. The monoisotopic (exact) mass is 317 g/mol. The van der Waals surface area contributed by atoms with Crippen molar-refractivity contribution in [2.24, 2.45) is 0 Å².